The van der Waals surface area contributed by atoms with Crippen molar-refractivity contribution in [1.82, 2.24) is 5.32 Å². The first kappa shape index (κ1) is 19.4. The zero-order valence-electron chi connectivity index (χ0n) is 15.2. The molecule has 0 heterocycles. The zero-order chi connectivity index (χ0) is 18.1. The summed E-state index contributed by atoms with van der Waals surface area (Å²) in [5.41, 5.74) is 2.50. The molecule has 0 aromatic heterocycles. The minimum absolute atomic E-state index is 0.0891. The summed E-state index contributed by atoms with van der Waals surface area (Å²) in [5, 5.41) is 2.99. The molecule has 0 aliphatic carbocycles. The number of nitrogens with one attached hydrogen (secondary N) is 1. The maximum absolute atomic E-state index is 11.9. The van der Waals surface area contributed by atoms with E-state index in [0.717, 1.165) is 23.5 Å². The van der Waals surface area contributed by atoms with Gasteiger partial charge in [0.15, 0.2) is 0 Å². The van der Waals surface area contributed by atoms with Crippen molar-refractivity contribution in [2.45, 2.75) is 44.6 Å². The number of thioether (sulfide) groups is 1. The van der Waals surface area contributed by atoms with Crippen LogP contribution in [0.15, 0.2) is 53.4 Å². The van der Waals surface area contributed by atoms with Crippen molar-refractivity contribution in [2.24, 2.45) is 0 Å². The molecule has 0 saturated heterocycles. The first-order valence-corrected chi connectivity index (χ1v) is 9.73. The van der Waals surface area contributed by atoms with Crippen molar-refractivity contribution in [1.29, 1.82) is 0 Å². The summed E-state index contributed by atoms with van der Waals surface area (Å²) >= 11 is 1.57. The molecule has 0 aliphatic rings. The van der Waals surface area contributed by atoms with Crippen molar-refractivity contribution in [3.63, 3.8) is 0 Å². The number of rotatable bonds is 9. The van der Waals surface area contributed by atoms with E-state index >= 15 is 0 Å². The highest BCUT2D eigenvalue weighted by Gasteiger charge is 2.03. The van der Waals surface area contributed by atoms with Crippen LogP contribution in [0.2, 0.25) is 0 Å². The third-order valence-corrected chi connectivity index (χ3v) is 4.66. The molecular weight excluding hydrogens is 330 g/mol. The van der Waals surface area contributed by atoms with E-state index in [1.807, 2.05) is 26.0 Å². The van der Waals surface area contributed by atoms with E-state index in [-0.39, 0.29) is 12.0 Å². The van der Waals surface area contributed by atoms with Gasteiger partial charge in [-0.15, -0.1) is 11.8 Å². The molecule has 2 rings (SSSR count). The molecule has 0 fully saturated rings. The highest BCUT2D eigenvalue weighted by molar-refractivity contribution is 8.00. The van der Waals surface area contributed by atoms with E-state index in [1.165, 1.54) is 11.1 Å². The predicted octanol–water partition coefficient (Wildman–Crippen LogP) is 4.62. The van der Waals surface area contributed by atoms with E-state index in [4.69, 9.17) is 4.74 Å². The summed E-state index contributed by atoms with van der Waals surface area (Å²) in [6.45, 7) is 6.81. The standard InChI is InChI=1S/C21H27NO2S/c1-16(2)24-19-10-8-18(9-11-19)5-4-14-22-21(23)15-25-20-12-6-17(3)7-13-20/h6-13,16H,4-5,14-15H2,1-3H3,(H,22,23). The monoisotopic (exact) mass is 357 g/mol. The molecule has 0 atom stereocenters. The average molecular weight is 358 g/mol. The van der Waals surface area contributed by atoms with Gasteiger partial charge < -0.3 is 10.1 Å². The van der Waals surface area contributed by atoms with Gasteiger partial charge in [0.2, 0.25) is 5.91 Å². The molecule has 0 radical (unpaired) electrons. The summed E-state index contributed by atoms with van der Waals surface area (Å²) in [7, 11) is 0. The average Bonchev–Trinajstić information content (AvgIpc) is 2.59. The molecule has 25 heavy (non-hydrogen) atoms. The third kappa shape index (κ3) is 7.65. The number of carbonyl (C=O) groups excluding carboxylic acids is 1. The summed E-state index contributed by atoms with van der Waals surface area (Å²) in [4.78, 5) is 13.0. The number of amides is 1. The van der Waals surface area contributed by atoms with E-state index in [1.54, 1.807) is 11.8 Å². The lowest BCUT2D eigenvalue weighted by Crippen LogP contribution is -2.26. The Hall–Kier alpha value is -1.94. The summed E-state index contributed by atoms with van der Waals surface area (Å²) in [6.07, 6.45) is 2.08. The molecular formula is C21H27NO2S. The van der Waals surface area contributed by atoms with Gasteiger partial charge in [-0.1, -0.05) is 29.8 Å². The normalized spacial score (nSPS) is 10.7. The van der Waals surface area contributed by atoms with Gasteiger partial charge in [-0.05, 0) is 63.4 Å². The van der Waals surface area contributed by atoms with Gasteiger partial charge in [0.25, 0.3) is 0 Å². The molecule has 0 unspecified atom stereocenters. The first-order valence-electron chi connectivity index (χ1n) is 8.74. The number of ether oxygens (including phenoxy) is 1. The molecule has 0 saturated carbocycles. The largest absolute Gasteiger partial charge is 0.491 e. The van der Waals surface area contributed by atoms with Crippen LogP contribution in [0.3, 0.4) is 0 Å². The summed E-state index contributed by atoms with van der Waals surface area (Å²) < 4.78 is 5.64. The topological polar surface area (TPSA) is 38.3 Å². The maximum Gasteiger partial charge on any atom is 0.230 e. The predicted molar refractivity (Wildman–Crippen MR) is 105 cm³/mol. The Balaban J connectivity index is 1.61. The van der Waals surface area contributed by atoms with E-state index in [0.29, 0.717) is 12.3 Å². The maximum atomic E-state index is 11.9. The minimum atomic E-state index is 0.0891. The quantitative estimate of drug-likeness (QED) is 0.525. The smallest absolute Gasteiger partial charge is 0.230 e. The molecule has 1 amide bonds. The fourth-order valence-electron chi connectivity index (χ4n) is 2.36. The number of hydrogen-bond acceptors (Lipinski definition) is 3. The lowest BCUT2D eigenvalue weighted by atomic mass is 10.1. The van der Waals surface area contributed by atoms with Gasteiger partial charge in [0, 0.05) is 11.4 Å². The van der Waals surface area contributed by atoms with Crippen LogP contribution in [0.5, 0.6) is 5.75 Å². The van der Waals surface area contributed by atoms with Gasteiger partial charge in [-0.25, -0.2) is 0 Å². The second kappa shape index (κ2) is 10.1. The number of hydrogen-bond donors (Lipinski definition) is 1. The van der Waals surface area contributed by atoms with Crippen LogP contribution in [0, 0.1) is 6.92 Å². The van der Waals surface area contributed by atoms with Crippen molar-refractivity contribution in [2.75, 3.05) is 12.3 Å². The van der Waals surface area contributed by atoms with Crippen LogP contribution in [0.1, 0.15) is 31.4 Å². The molecule has 0 bridgehead atoms. The Kier molecular flexibility index (Phi) is 7.86. The molecule has 1 N–H and O–H groups in total. The van der Waals surface area contributed by atoms with Crippen LogP contribution >= 0.6 is 11.8 Å². The highest BCUT2D eigenvalue weighted by atomic mass is 32.2. The van der Waals surface area contributed by atoms with Crippen molar-refractivity contribution >= 4 is 17.7 Å². The van der Waals surface area contributed by atoms with Gasteiger partial charge >= 0.3 is 0 Å². The lowest BCUT2D eigenvalue weighted by molar-refractivity contribution is -0.118. The van der Waals surface area contributed by atoms with E-state index in [2.05, 4.69) is 48.6 Å². The Bertz CT molecular complexity index is 651. The fraction of sp³-hybridized carbons (Fsp3) is 0.381. The number of carbonyl (C=O) groups is 1. The second-order valence-electron chi connectivity index (χ2n) is 6.37. The van der Waals surface area contributed by atoms with Crippen LogP contribution in [0.25, 0.3) is 0 Å². The molecule has 134 valence electrons. The molecule has 3 nitrogen and oxygen atoms in total. The van der Waals surface area contributed by atoms with E-state index < -0.39 is 0 Å². The van der Waals surface area contributed by atoms with Gasteiger partial charge in [-0.3, -0.25) is 4.79 Å². The van der Waals surface area contributed by atoms with Crippen molar-refractivity contribution in [3.8, 4) is 5.75 Å². The van der Waals surface area contributed by atoms with E-state index in [9.17, 15) is 4.79 Å². The lowest BCUT2D eigenvalue weighted by Gasteiger charge is -2.10. The van der Waals surface area contributed by atoms with Crippen LogP contribution in [0.4, 0.5) is 0 Å². The summed E-state index contributed by atoms with van der Waals surface area (Å²) in [5.74, 6) is 1.45. The van der Waals surface area contributed by atoms with Gasteiger partial charge in [0.05, 0.1) is 11.9 Å². The minimum Gasteiger partial charge on any atom is -0.491 e. The third-order valence-electron chi connectivity index (χ3n) is 3.65. The fourth-order valence-corrected chi connectivity index (χ4v) is 3.09. The van der Waals surface area contributed by atoms with Crippen LogP contribution in [-0.4, -0.2) is 24.3 Å². The van der Waals surface area contributed by atoms with Gasteiger partial charge in [-0.2, -0.15) is 0 Å². The number of benzene rings is 2. The van der Waals surface area contributed by atoms with Crippen LogP contribution in [-0.2, 0) is 11.2 Å². The first-order chi connectivity index (χ1) is 12.0. The second-order valence-corrected chi connectivity index (χ2v) is 7.41. The molecule has 4 heteroatoms. The number of aryl methyl sites for hydroxylation is 2. The molecule has 0 spiro atoms. The molecule has 0 aliphatic heterocycles. The zero-order valence-corrected chi connectivity index (χ0v) is 16.1. The SMILES string of the molecule is Cc1ccc(SCC(=O)NCCCc2ccc(OC(C)C)cc2)cc1. The summed E-state index contributed by atoms with van der Waals surface area (Å²) in [6, 6.07) is 16.4. The Morgan fingerprint density at radius 2 is 1.76 bits per heavy atom. The Morgan fingerprint density at radius 1 is 1.08 bits per heavy atom. The molecule has 2 aromatic rings. The van der Waals surface area contributed by atoms with Crippen molar-refractivity contribution < 1.29 is 9.53 Å². The van der Waals surface area contributed by atoms with Crippen molar-refractivity contribution in [3.05, 3.63) is 59.7 Å². The van der Waals surface area contributed by atoms with Gasteiger partial charge in [0.1, 0.15) is 5.75 Å². The highest BCUT2D eigenvalue weighted by Crippen LogP contribution is 2.18. The Morgan fingerprint density at radius 3 is 2.40 bits per heavy atom. The molecule has 2 aromatic carbocycles. The Labute approximate surface area is 155 Å². The van der Waals surface area contributed by atoms with Crippen LogP contribution < -0.4 is 10.1 Å².